The molecule has 2 heterocycles. The second-order valence-corrected chi connectivity index (χ2v) is 6.45. The first-order chi connectivity index (χ1) is 12.0. The third-order valence-corrected chi connectivity index (χ3v) is 4.61. The van der Waals surface area contributed by atoms with E-state index in [0.29, 0.717) is 38.7 Å². The smallest absolute Gasteiger partial charge is 0.338 e. The molecule has 0 saturated carbocycles. The Bertz CT molecular complexity index is 864. The van der Waals surface area contributed by atoms with Crippen LogP contribution in [0.15, 0.2) is 23.4 Å². The lowest BCUT2D eigenvalue weighted by molar-refractivity contribution is -0.136. The second-order valence-electron chi connectivity index (χ2n) is 5.29. The largest absolute Gasteiger partial charge is 0.504 e. The van der Waals surface area contributed by atoms with Crippen molar-refractivity contribution in [3.63, 3.8) is 0 Å². The molecule has 1 aromatic carbocycles. The maximum Gasteiger partial charge on any atom is 0.338 e. The Morgan fingerprint density at radius 1 is 1.48 bits per heavy atom. The number of hydrogen-bond donors (Lipinski definition) is 2. The van der Waals surface area contributed by atoms with Gasteiger partial charge in [-0.1, -0.05) is 5.10 Å². The highest BCUT2D eigenvalue weighted by molar-refractivity contribution is 14.1. The van der Waals surface area contributed by atoms with Crippen LogP contribution in [0.4, 0.5) is 5.95 Å². The highest BCUT2D eigenvalue weighted by atomic mass is 127. The quantitative estimate of drug-likeness (QED) is 0.529. The van der Waals surface area contributed by atoms with Crippen LogP contribution in [0.3, 0.4) is 0 Å². The van der Waals surface area contributed by atoms with Crippen LogP contribution in [0.5, 0.6) is 11.5 Å². The van der Waals surface area contributed by atoms with Crippen LogP contribution in [0.25, 0.3) is 0 Å². The number of aromatic hydroxyl groups is 1. The van der Waals surface area contributed by atoms with Crippen LogP contribution in [0.1, 0.15) is 25.5 Å². The van der Waals surface area contributed by atoms with Crippen molar-refractivity contribution in [2.45, 2.75) is 19.9 Å². The van der Waals surface area contributed by atoms with Gasteiger partial charge < -0.3 is 19.9 Å². The van der Waals surface area contributed by atoms with Gasteiger partial charge in [-0.25, -0.2) is 4.79 Å². The lowest BCUT2D eigenvalue weighted by Crippen LogP contribution is -2.29. The number of fused-ring (bicyclic) bond motifs is 1. The Balaban J connectivity index is 2.21. The summed E-state index contributed by atoms with van der Waals surface area (Å²) in [6.07, 6.45) is 0. The van der Waals surface area contributed by atoms with Gasteiger partial charge in [0.05, 0.1) is 22.9 Å². The van der Waals surface area contributed by atoms with Crippen molar-refractivity contribution in [3.05, 3.63) is 32.5 Å². The number of nitrogens with zero attached hydrogens (tertiary/aromatic N) is 4. The fraction of sp³-hybridized carbons (Fsp3) is 0.333. The topological polar surface area (TPSA) is 111 Å². The fourth-order valence-corrected chi connectivity index (χ4v) is 3.34. The zero-order valence-corrected chi connectivity index (χ0v) is 15.9. The van der Waals surface area contributed by atoms with E-state index in [1.54, 1.807) is 19.1 Å². The number of ether oxygens (including phenoxy) is 2. The summed E-state index contributed by atoms with van der Waals surface area (Å²) in [5.74, 6) is 0.310. The molecule has 2 N–H and O–H groups in total. The Labute approximate surface area is 157 Å². The van der Waals surface area contributed by atoms with Crippen LogP contribution in [0.2, 0.25) is 0 Å². The van der Waals surface area contributed by atoms with Crippen LogP contribution in [-0.4, -0.2) is 45.0 Å². The summed E-state index contributed by atoms with van der Waals surface area (Å²) in [6, 6.07) is 2.83. The number of halogens is 1. The molecule has 1 aliphatic rings. The number of aromatic nitrogens is 4. The molecular weight excluding hydrogens is 441 g/mol. The van der Waals surface area contributed by atoms with Crippen molar-refractivity contribution < 1.29 is 19.4 Å². The van der Waals surface area contributed by atoms with E-state index in [-0.39, 0.29) is 5.75 Å². The van der Waals surface area contributed by atoms with Crippen molar-refractivity contribution in [2.75, 3.05) is 19.0 Å². The first-order valence-electron chi connectivity index (χ1n) is 7.47. The number of anilines is 1. The number of rotatable bonds is 4. The van der Waals surface area contributed by atoms with Gasteiger partial charge in [-0.2, -0.15) is 4.68 Å². The number of benzene rings is 1. The monoisotopic (exact) mass is 457 g/mol. The minimum absolute atomic E-state index is 0.0531. The van der Waals surface area contributed by atoms with Crippen molar-refractivity contribution >= 4 is 34.5 Å². The summed E-state index contributed by atoms with van der Waals surface area (Å²) in [5.41, 5.74) is 1.67. The van der Waals surface area contributed by atoms with Gasteiger partial charge in [0.1, 0.15) is 6.04 Å². The number of methoxy groups -OCH3 is 1. The van der Waals surface area contributed by atoms with E-state index in [4.69, 9.17) is 9.47 Å². The van der Waals surface area contributed by atoms with Crippen LogP contribution in [0, 0.1) is 3.57 Å². The molecule has 0 amide bonds. The molecule has 0 radical (unpaired) electrons. The van der Waals surface area contributed by atoms with Gasteiger partial charge >= 0.3 is 5.97 Å². The van der Waals surface area contributed by atoms with E-state index >= 15 is 0 Å². The molecule has 1 aromatic heterocycles. The minimum Gasteiger partial charge on any atom is -0.504 e. The maximum absolute atomic E-state index is 12.4. The van der Waals surface area contributed by atoms with Gasteiger partial charge in [0, 0.05) is 5.70 Å². The molecule has 0 spiro atoms. The Kier molecular flexibility index (Phi) is 4.79. The number of phenols is 1. The molecule has 1 aliphatic heterocycles. The van der Waals surface area contributed by atoms with Crippen LogP contribution in [-0.2, 0) is 9.53 Å². The van der Waals surface area contributed by atoms with E-state index in [1.165, 1.54) is 11.8 Å². The zero-order chi connectivity index (χ0) is 18.1. The molecule has 0 unspecified atom stereocenters. The molecule has 9 nitrogen and oxygen atoms in total. The summed E-state index contributed by atoms with van der Waals surface area (Å²) in [6.45, 7) is 3.98. The summed E-state index contributed by atoms with van der Waals surface area (Å²) in [4.78, 5) is 12.4. The summed E-state index contributed by atoms with van der Waals surface area (Å²) < 4.78 is 12.5. The number of phenolic OH excluding ortho intramolecular Hbond substituents is 1. The fourth-order valence-electron chi connectivity index (χ4n) is 2.71. The van der Waals surface area contributed by atoms with Gasteiger partial charge in [0.15, 0.2) is 11.5 Å². The predicted molar refractivity (Wildman–Crippen MR) is 96.3 cm³/mol. The molecule has 0 saturated heterocycles. The van der Waals surface area contributed by atoms with Gasteiger partial charge in [0.25, 0.3) is 0 Å². The second kappa shape index (κ2) is 6.86. The Morgan fingerprint density at radius 2 is 2.24 bits per heavy atom. The highest BCUT2D eigenvalue weighted by Gasteiger charge is 2.35. The number of nitrogens with one attached hydrogen (secondary N) is 1. The number of carbonyl (C=O) groups is 1. The molecule has 3 rings (SSSR count). The van der Waals surface area contributed by atoms with Crippen molar-refractivity contribution in [1.29, 1.82) is 0 Å². The minimum atomic E-state index is -0.605. The van der Waals surface area contributed by atoms with E-state index in [9.17, 15) is 9.90 Å². The number of tetrazole rings is 1. The average Bonchev–Trinajstić information content (AvgIpc) is 3.04. The van der Waals surface area contributed by atoms with Crippen molar-refractivity contribution in [3.8, 4) is 11.5 Å². The number of allylic oxidation sites excluding steroid dienone is 1. The maximum atomic E-state index is 12.4. The molecule has 132 valence electrons. The SMILES string of the molecule is CCOc1cc([C@@H]2C(C(=O)OC)=C(C)Nc3nnnn32)cc(I)c1O. The lowest BCUT2D eigenvalue weighted by Gasteiger charge is -2.27. The molecule has 2 aromatic rings. The van der Waals surface area contributed by atoms with E-state index in [0.717, 1.165) is 0 Å². The summed E-state index contributed by atoms with van der Waals surface area (Å²) in [5, 5.41) is 24.8. The number of hydrogen-bond acceptors (Lipinski definition) is 8. The third kappa shape index (κ3) is 3.01. The number of carbonyl (C=O) groups excluding carboxylic acids is 1. The van der Waals surface area contributed by atoms with Crippen molar-refractivity contribution in [2.24, 2.45) is 0 Å². The molecule has 0 bridgehead atoms. The Hall–Kier alpha value is -2.37. The first-order valence-corrected chi connectivity index (χ1v) is 8.55. The number of esters is 1. The van der Waals surface area contributed by atoms with Crippen LogP contribution < -0.4 is 10.1 Å². The first kappa shape index (κ1) is 17.5. The summed E-state index contributed by atoms with van der Waals surface area (Å²) in [7, 11) is 1.32. The van der Waals surface area contributed by atoms with Gasteiger partial charge in [-0.05, 0) is 64.6 Å². The van der Waals surface area contributed by atoms with Gasteiger partial charge in [-0.15, -0.1) is 0 Å². The molecular formula is C15H16IN5O4. The Morgan fingerprint density at radius 3 is 2.92 bits per heavy atom. The molecule has 0 fully saturated rings. The highest BCUT2D eigenvalue weighted by Crippen LogP contribution is 2.40. The molecule has 1 atom stereocenters. The standard InChI is InChI=1S/C15H16IN5O4/c1-4-25-10-6-8(5-9(16)13(10)22)12-11(14(23)24-3)7(2)17-15-18-19-20-21(12)15/h5-6,12,22H,4H2,1-3H3,(H,17,18,20)/t12-/m1/s1. The van der Waals surface area contributed by atoms with Gasteiger partial charge in [-0.3, -0.25) is 0 Å². The van der Waals surface area contributed by atoms with E-state index < -0.39 is 12.0 Å². The van der Waals surface area contributed by atoms with E-state index in [1.807, 2.05) is 29.5 Å². The lowest BCUT2D eigenvalue weighted by atomic mass is 9.95. The van der Waals surface area contributed by atoms with E-state index in [2.05, 4.69) is 20.8 Å². The summed E-state index contributed by atoms with van der Waals surface area (Å²) >= 11 is 2.01. The van der Waals surface area contributed by atoms with Crippen LogP contribution >= 0.6 is 22.6 Å². The molecule has 10 heteroatoms. The molecule has 25 heavy (non-hydrogen) atoms. The normalized spacial score (nSPS) is 16.2. The van der Waals surface area contributed by atoms with Gasteiger partial charge in [0.2, 0.25) is 5.95 Å². The molecule has 0 aliphatic carbocycles. The average molecular weight is 457 g/mol. The van der Waals surface area contributed by atoms with Crippen molar-refractivity contribution in [1.82, 2.24) is 20.2 Å². The zero-order valence-electron chi connectivity index (χ0n) is 13.8. The third-order valence-electron chi connectivity index (χ3n) is 3.79. The predicted octanol–water partition coefficient (Wildman–Crippen LogP) is 1.84.